The molecule has 0 fully saturated rings. The van der Waals surface area contributed by atoms with Crippen molar-refractivity contribution in [3.63, 3.8) is 0 Å². The lowest BCUT2D eigenvalue weighted by Crippen LogP contribution is -2.11. The van der Waals surface area contributed by atoms with Crippen molar-refractivity contribution in [1.82, 2.24) is 19.7 Å². The van der Waals surface area contributed by atoms with Crippen LogP contribution < -0.4 is 10.1 Å². The molecule has 1 aliphatic heterocycles. The van der Waals surface area contributed by atoms with Crippen molar-refractivity contribution in [2.75, 3.05) is 11.9 Å². The van der Waals surface area contributed by atoms with E-state index in [0.29, 0.717) is 10.7 Å². The molecule has 0 radical (unpaired) electrons. The van der Waals surface area contributed by atoms with Gasteiger partial charge in [0.05, 0.1) is 12.3 Å². The molecular weight excluding hydrogens is 374 g/mol. The maximum Gasteiger partial charge on any atom is 0.257 e. The summed E-state index contributed by atoms with van der Waals surface area (Å²) in [6.45, 7) is 0.729. The Morgan fingerprint density at radius 2 is 1.93 bits per heavy atom. The van der Waals surface area contributed by atoms with Crippen molar-refractivity contribution in [3.05, 3.63) is 71.6 Å². The number of hydrogen-bond acceptors (Lipinski definition) is 6. The first-order valence-electron chi connectivity index (χ1n) is 8.74. The van der Waals surface area contributed by atoms with E-state index in [2.05, 4.69) is 26.6 Å². The maximum atomic E-state index is 12.5. The van der Waals surface area contributed by atoms with E-state index < -0.39 is 0 Å². The van der Waals surface area contributed by atoms with Gasteiger partial charge in [-0.1, -0.05) is 0 Å². The van der Waals surface area contributed by atoms with Gasteiger partial charge in [-0.3, -0.25) is 14.7 Å². The number of anilines is 1. The molecule has 4 aromatic rings. The molecule has 0 saturated carbocycles. The number of aromatic nitrogens is 4. The Kier molecular flexibility index (Phi) is 4.10. The molecule has 0 bridgehead atoms. The summed E-state index contributed by atoms with van der Waals surface area (Å²) >= 11 is 1.41. The first-order chi connectivity index (χ1) is 13.8. The summed E-state index contributed by atoms with van der Waals surface area (Å²) in [7, 11) is 0. The lowest BCUT2D eigenvalue weighted by molar-refractivity contribution is 0.102. The maximum absolute atomic E-state index is 12.5. The number of fused-ring (bicyclic) bond motifs is 1. The van der Waals surface area contributed by atoms with Gasteiger partial charge in [0.2, 0.25) is 0 Å². The zero-order valence-corrected chi connectivity index (χ0v) is 15.5. The predicted molar refractivity (Wildman–Crippen MR) is 106 cm³/mol. The molecule has 0 aliphatic carbocycles. The Hall–Kier alpha value is -3.52. The lowest BCUT2D eigenvalue weighted by atomic mass is 10.1. The van der Waals surface area contributed by atoms with E-state index in [0.717, 1.165) is 35.7 Å². The fourth-order valence-electron chi connectivity index (χ4n) is 3.10. The Bertz CT molecular complexity index is 1140. The lowest BCUT2D eigenvalue weighted by Gasteiger charge is -2.04. The predicted octanol–water partition coefficient (Wildman–Crippen LogP) is 3.58. The summed E-state index contributed by atoms with van der Waals surface area (Å²) in [5.74, 6) is 0.751. The number of carbonyl (C=O) groups excluding carboxylic acids is 1. The van der Waals surface area contributed by atoms with Crippen molar-refractivity contribution in [3.8, 4) is 22.7 Å². The Balaban J connectivity index is 1.31. The average Bonchev–Trinajstić information content (AvgIpc) is 3.48. The van der Waals surface area contributed by atoms with Gasteiger partial charge in [0.1, 0.15) is 18.4 Å². The highest BCUT2D eigenvalue weighted by atomic mass is 32.1. The molecule has 0 atom stereocenters. The zero-order valence-electron chi connectivity index (χ0n) is 14.7. The highest BCUT2D eigenvalue weighted by molar-refractivity contribution is 7.14. The van der Waals surface area contributed by atoms with E-state index >= 15 is 0 Å². The van der Waals surface area contributed by atoms with Crippen LogP contribution in [0.1, 0.15) is 15.9 Å². The van der Waals surface area contributed by atoms with Crippen LogP contribution in [0.5, 0.6) is 5.75 Å². The van der Waals surface area contributed by atoms with Gasteiger partial charge in [-0.2, -0.15) is 0 Å². The molecule has 2 aromatic heterocycles. The number of hydrogen-bond donors (Lipinski definition) is 1. The second-order valence-electron chi connectivity index (χ2n) is 6.33. The number of amides is 1. The minimum atomic E-state index is -0.196. The largest absolute Gasteiger partial charge is 0.493 e. The third-order valence-corrected chi connectivity index (χ3v) is 5.31. The molecule has 1 N–H and O–H groups in total. The normalized spacial score (nSPS) is 12.4. The van der Waals surface area contributed by atoms with Crippen LogP contribution in [0.15, 0.2) is 60.5 Å². The van der Waals surface area contributed by atoms with E-state index in [1.165, 1.54) is 16.9 Å². The van der Waals surface area contributed by atoms with Gasteiger partial charge >= 0.3 is 0 Å². The molecule has 2 aromatic carbocycles. The highest BCUT2D eigenvalue weighted by Gasteiger charge is 2.15. The van der Waals surface area contributed by atoms with Crippen LogP contribution in [0.3, 0.4) is 0 Å². The van der Waals surface area contributed by atoms with E-state index in [1.807, 2.05) is 29.6 Å². The molecule has 0 saturated heterocycles. The van der Waals surface area contributed by atoms with Crippen molar-refractivity contribution in [2.24, 2.45) is 0 Å². The second-order valence-corrected chi connectivity index (χ2v) is 7.19. The molecular formula is C20H15N5O2S. The standard InChI is InChI=1S/C20H15N5O2S/c26-19(13-1-4-16(5-2-13)25-11-21-22-12-25)24-20-23-17(10-28-20)14-3-6-18-15(9-14)7-8-27-18/h1-6,9-12H,7-8H2,(H,23,24,26). The SMILES string of the molecule is O=C(Nc1nc(-c2ccc3c(c2)CCO3)cs1)c1ccc(-n2cnnc2)cc1. The highest BCUT2D eigenvalue weighted by Crippen LogP contribution is 2.32. The summed E-state index contributed by atoms with van der Waals surface area (Å²) in [4.78, 5) is 17.1. The Labute approximate surface area is 164 Å². The van der Waals surface area contributed by atoms with Crippen molar-refractivity contribution in [2.45, 2.75) is 6.42 Å². The van der Waals surface area contributed by atoms with Crippen LogP contribution in [-0.4, -0.2) is 32.3 Å². The molecule has 8 heteroatoms. The molecule has 0 unspecified atom stereocenters. The van der Waals surface area contributed by atoms with Gasteiger partial charge in [0.25, 0.3) is 5.91 Å². The van der Waals surface area contributed by atoms with Crippen LogP contribution in [0.2, 0.25) is 0 Å². The number of nitrogens with zero attached hydrogens (tertiary/aromatic N) is 4. The fraction of sp³-hybridized carbons (Fsp3) is 0.100. The number of thiazole rings is 1. The number of benzene rings is 2. The first-order valence-corrected chi connectivity index (χ1v) is 9.62. The monoisotopic (exact) mass is 389 g/mol. The first kappa shape index (κ1) is 16.6. The number of nitrogens with one attached hydrogen (secondary N) is 1. The van der Waals surface area contributed by atoms with Crippen molar-refractivity contribution in [1.29, 1.82) is 0 Å². The van der Waals surface area contributed by atoms with Gasteiger partial charge in [0, 0.05) is 28.6 Å². The Morgan fingerprint density at radius 3 is 2.75 bits per heavy atom. The van der Waals surface area contributed by atoms with Gasteiger partial charge < -0.3 is 4.74 Å². The number of ether oxygens (including phenoxy) is 1. The topological polar surface area (TPSA) is 81.9 Å². The molecule has 5 rings (SSSR count). The smallest absolute Gasteiger partial charge is 0.257 e. The molecule has 1 aliphatic rings. The second kappa shape index (κ2) is 6.90. The summed E-state index contributed by atoms with van der Waals surface area (Å²) in [5.41, 5.74) is 4.52. The minimum absolute atomic E-state index is 0.196. The van der Waals surface area contributed by atoms with Crippen LogP contribution in [0.4, 0.5) is 5.13 Å². The van der Waals surface area contributed by atoms with Crippen LogP contribution >= 0.6 is 11.3 Å². The number of rotatable bonds is 4. The van der Waals surface area contributed by atoms with Gasteiger partial charge in [-0.25, -0.2) is 4.98 Å². The Morgan fingerprint density at radius 1 is 1.11 bits per heavy atom. The zero-order chi connectivity index (χ0) is 18.9. The summed E-state index contributed by atoms with van der Waals surface area (Å²) in [6, 6.07) is 13.3. The number of carbonyl (C=O) groups is 1. The molecule has 0 spiro atoms. The molecule has 28 heavy (non-hydrogen) atoms. The van der Waals surface area contributed by atoms with Crippen molar-refractivity contribution >= 4 is 22.4 Å². The van der Waals surface area contributed by atoms with E-state index in [1.54, 1.807) is 29.4 Å². The van der Waals surface area contributed by atoms with Crippen LogP contribution in [0, 0.1) is 0 Å². The van der Waals surface area contributed by atoms with Gasteiger partial charge in [-0.05, 0) is 48.0 Å². The van der Waals surface area contributed by atoms with Crippen molar-refractivity contribution < 1.29 is 9.53 Å². The van der Waals surface area contributed by atoms with E-state index in [9.17, 15) is 4.79 Å². The summed E-state index contributed by atoms with van der Waals surface area (Å²) in [6.07, 6.45) is 4.14. The quantitative estimate of drug-likeness (QED) is 0.577. The molecule has 7 nitrogen and oxygen atoms in total. The van der Waals surface area contributed by atoms with Gasteiger partial charge in [0.15, 0.2) is 5.13 Å². The summed E-state index contributed by atoms with van der Waals surface area (Å²) < 4.78 is 7.32. The van der Waals surface area contributed by atoms with Gasteiger partial charge in [-0.15, -0.1) is 21.5 Å². The third-order valence-electron chi connectivity index (χ3n) is 4.56. The minimum Gasteiger partial charge on any atom is -0.493 e. The third kappa shape index (κ3) is 3.14. The average molecular weight is 389 g/mol. The fourth-order valence-corrected chi connectivity index (χ4v) is 3.81. The van der Waals surface area contributed by atoms with E-state index in [-0.39, 0.29) is 5.91 Å². The summed E-state index contributed by atoms with van der Waals surface area (Å²) in [5, 5.41) is 12.9. The van der Waals surface area contributed by atoms with E-state index in [4.69, 9.17) is 4.74 Å². The van der Waals surface area contributed by atoms with Crippen LogP contribution in [-0.2, 0) is 6.42 Å². The molecule has 1 amide bonds. The van der Waals surface area contributed by atoms with Crippen LogP contribution in [0.25, 0.3) is 16.9 Å². The molecule has 138 valence electrons. The molecule has 3 heterocycles.